The predicted molar refractivity (Wildman–Crippen MR) is 92.6 cm³/mol. The van der Waals surface area contributed by atoms with Gasteiger partial charge in [-0.1, -0.05) is 24.3 Å². The zero-order chi connectivity index (χ0) is 16.6. The van der Waals surface area contributed by atoms with Crippen LogP contribution in [0.2, 0.25) is 0 Å². The maximum Gasteiger partial charge on any atom is 0.135 e. The van der Waals surface area contributed by atoms with Crippen molar-refractivity contribution in [3.8, 4) is 0 Å². The number of likely N-dealkylation sites (tertiary alicyclic amines) is 1. The Hall–Kier alpha value is -1.72. The molecule has 1 aromatic carbocycles. The summed E-state index contributed by atoms with van der Waals surface area (Å²) in [5.74, 6) is 1.65. The van der Waals surface area contributed by atoms with Crippen LogP contribution in [0, 0.1) is 0 Å². The largest absolute Gasteiger partial charge is 0.388 e. The van der Waals surface area contributed by atoms with E-state index in [1.807, 2.05) is 11.6 Å². The van der Waals surface area contributed by atoms with Gasteiger partial charge >= 0.3 is 0 Å². The van der Waals surface area contributed by atoms with Crippen LogP contribution in [0.15, 0.2) is 30.6 Å². The molecule has 1 saturated carbocycles. The van der Waals surface area contributed by atoms with Gasteiger partial charge in [-0.25, -0.2) is 0 Å². The summed E-state index contributed by atoms with van der Waals surface area (Å²) in [4.78, 5) is 2.38. The summed E-state index contributed by atoms with van der Waals surface area (Å²) >= 11 is 0. The molecule has 1 saturated heterocycles. The number of β-amino-alcohol motifs (C(OH)–C–C–N with tert-alkyl or cyclic N) is 1. The number of aromatic nitrogens is 3. The summed E-state index contributed by atoms with van der Waals surface area (Å²) in [5, 5.41) is 19.1. The van der Waals surface area contributed by atoms with Crippen molar-refractivity contribution in [1.82, 2.24) is 19.7 Å². The van der Waals surface area contributed by atoms with Gasteiger partial charge in [0.25, 0.3) is 0 Å². The lowest BCUT2D eigenvalue weighted by Crippen LogP contribution is -2.49. The molecule has 2 aliphatic rings. The molecule has 1 N–H and O–H groups in total. The molecule has 5 heteroatoms. The van der Waals surface area contributed by atoms with Crippen molar-refractivity contribution < 1.29 is 5.11 Å². The number of hydrogen-bond donors (Lipinski definition) is 1. The van der Waals surface area contributed by atoms with E-state index in [9.17, 15) is 5.11 Å². The Morgan fingerprint density at radius 1 is 1.33 bits per heavy atom. The average Bonchev–Trinajstić information content (AvgIpc) is 3.33. The molecule has 4 rings (SSSR count). The van der Waals surface area contributed by atoms with Gasteiger partial charge in [0.15, 0.2) is 0 Å². The van der Waals surface area contributed by atoms with Crippen LogP contribution < -0.4 is 0 Å². The van der Waals surface area contributed by atoms with E-state index in [0.717, 1.165) is 37.7 Å². The van der Waals surface area contributed by atoms with Crippen LogP contribution in [0.1, 0.15) is 48.6 Å². The Bertz CT molecular complexity index is 709. The molecule has 1 aromatic heterocycles. The molecule has 0 radical (unpaired) electrons. The van der Waals surface area contributed by atoms with E-state index < -0.39 is 5.60 Å². The Morgan fingerprint density at radius 3 is 2.96 bits per heavy atom. The molecule has 1 unspecified atom stereocenters. The molecular formula is C19H26N4O. The van der Waals surface area contributed by atoms with E-state index in [1.54, 1.807) is 6.33 Å². The summed E-state index contributed by atoms with van der Waals surface area (Å²) in [6.07, 6.45) is 6.80. The quantitative estimate of drug-likeness (QED) is 0.916. The first kappa shape index (κ1) is 15.8. The fourth-order valence-electron chi connectivity index (χ4n) is 3.87. The summed E-state index contributed by atoms with van der Waals surface area (Å²) in [5.41, 5.74) is 2.15. The van der Waals surface area contributed by atoms with Crippen LogP contribution in [0.3, 0.4) is 0 Å². The first-order valence-electron chi connectivity index (χ1n) is 8.98. The highest BCUT2D eigenvalue weighted by molar-refractivity contribution is 5.29. The zero-order valence-electron chi connectivity index (χ0n) is 14.4. The first-order chi connectivity index (χ1) is 11.6. The van der Waals surface area contributed by atoms with Gasteiger partial charge in [0.1, 0.15) is 12.2 Å². The van der Waals surface area contributed by atoms with Crippen molar-refractivity contribution in [2.75, 3.05) is 13.1 Å². The predicted octanol–water partition coefficient (Wildman–Crippen LogP) is 2.26. The second kappa shape index (κ2) is 6.30. The summed E-state index contributed by atoms with van der Waals surface area (Å²) in [6, 6.07) is 9.00. The van der Waals surface area contributed by atoms with Crippen molar-refractivity contribution in [3.05, 3.63) is 47.5 Å². The minimum absolute atomic E-state index is 0.572. The number of piperidine rings is 1. The number of hydrogen-bond acceptors (Lipinski definition) is 4. The van der Waals surface area contributed by atoms with Crippen LogP contribution >= 0.6 is 0 Å². The van der Waals surface area contributed by atoms with Crippen LogP contribution in [-0.2, 0) is 20.0 Å². The van der Waals surface area contributed by atoms with Gasteiger partial charge in [0.05, 0.1) is 5.60 Å². The van der Waals surface area contributed by atoms with Crippen molar-refractivity contribution >= 4 is 0 Å². The van der Waals surface area contributed by atoms with Gasteiger partial charge in [0.2, 0.25) is 0 Å². The van der Waals surface area contributed by atoms with Gasteiger partial charge in [0, 0.05) is 26.6 Å². The number of rotatable bonds is 5. The van der Waals surface area contributed by atoms with Crippen molar-refractivity contribution in [3.63, 3.8) is 0 Å². The monoisotopic (exact) mass is 326 g/mol. The van der Waals surface area contributed by atoms with E-state index in [4.69, 9.17) is 0 Å². The molecule has 0 bridgehead atoms. The molecular weight excluding hydrogens is 300 g/mol. The highest BCUT2D eigenvalue weighted by Crippen LogP contribution is 2.40. The Balaban J connectivity index is 1.42. The van der Waals surface area contributed by atoms with Crippen LogP contribution in [0.25, 0.3) is 0 Å². The van der Waals surface area contributed by atoms with Crippen LogP contribution in [-0.4, -0.2) is 43.5 Å². The Morgan fingerprint density at radius 2 is 2.21 bits per heavy atom. The normalized spacial score (nSPS) is 25.1. The standard InChI is InChI=1S/C19H26N4O/c1-22-14-20-21-18(22)11-19(24)8-3-9-23(13-19)12-15-4-2-5-17(10-15)16-6-7-16/h2,4-5,10,14,16,24H,3,6-9,11-13H2,1H3. The molecule has 2 aromatic rings. The first-order valence-corrected chi connectivity index (χ1v) is 8.98. The van der Waals surface area contributed by atoms with Gasteiger partial charge in [-0.15, -0.1) is 10.2 Å². The fourth-order valence-corrected chi connectivity index (χ4v) is 3.87. The lowest BCUT2D eigenvalue weighted by molar-refractivity contribution is -0.0344. The maximum atomic E-state index is 11.0. The highest BCUT2D eigenvalue weighted by atomic mass is 16.3. The summed E-state index contributed by atoms with van der Waals surface area (Å²) in [7, 11) is 1.93. The van der Waals surface area contributed by atoms with E-state index in [1.165, 1.54) is 24.0 Å². The third-order valence-corrected chi connectivity index (χ3v) is 5.33. The Kier molecular flexibility index (Phi) is 4.14. The average molecular weight is 326 g/mol. The number of aliphatic hydroxyl groups is 1. The third kappa shape index (κ3) is 3.52. The maximum absolute atomic E-state index is 11.0. The molecule has 1 aliphatic carbocycles. The molecule has 2 fully saturated rings. The molecule has 2 heterocycles. The van der Waals surface area contributed by atoms with Gasteiger partial charge in [-0.2, -0.15) is 0 Å². The van der Waals surface area contributed by atoms with Crippen molar-refractivity contribution in [2.45, 2.75) is 50.2 Å². The Labute approximate surface area is 143 Å². The summed E-state index contributed by atoms with van der Waals surface area (Å²) in [6.45, 7) is 2.67. The van der Waals surface area contributed by atoms with Crippen LogP contribution in [0.5, 0.6) is 0 Å². The molecule has 5 nitrogen and oxygen atoms in total. The van der Waals surface area contributed by atoms with Crippen molar-refractivity contribution in [1.29, 1.82) is 0 Å². The van der Waals surface area contributed by atoms with E-state index in [-0.39, 0.29) is 0 Å². The second-order valence-electron chi connectivity index (χ2n) is 7.59. The smallest absolute Gasteiger partial charge is 0.135 e. The molecule has 0 spiro atoms. The molecule has 24 heavy (non-hydrogen) atoms. The minimum atomic E-state index is -0.701. The zero-order valence-corrected chi connectivity index (χ0v) is 14.4. The molecule has 1 aliphatic heterocycles. The van der Waals surface area contributed by atoms with Crippen LogP contribution in [0.4, 0.5) is 0 Å². The van der Waals surface area contributed by atoms with E-state index in [0.29, 0.717) is 13.0 Å². The van der Waals surface area contributed by atoms with Crippen molar-refractivity contribution in [2.24, 2.45) is 7.05 Å². The molecule has 1 atom stereocenters. The summed E-state index contributed by atoms with van der Waals surface area (Å²) < 4.78 is 1.90. The lowest BCUT2D eigenvalue weighted by Gasteiger charge is -2.39. The number of nitrogens with zero attached hydrogens (tertiary/aromatic N) is 4. The van der Waals surface area contributed by atoms with Gasteiger partial charge in [-0.3, -0.25) is 4.90 Å². The lowest BCUT2D eigenvalue weighted by atomic mass is 9.89. The molecule has 128 valence electrons. The van der Waals surface area contributed by atoms with E-state index in [2.05, 4.69) is 39.4 Å². The molecule has 0 amide bonds. The number of benzene rings is 1. The van der Waals surface area contributed by atoms with Gasteiger partial charge < -0.3 is 9.67 Å². The van der Waals surface area contributed by atoms with E-state index >= 15 is 0 Å². The fraction of sp³-hybridized carbons (Fsp3) is 0.579. The topological polar surface area (TPSA) is 54.2 Å². The number of aryl methyl sites for hydroxylation is 1. The minimum Gasteiger partial charge on any atom is -0.388 e. The SMILES string of the molecule is Cn1cnnc1CC1(O)CCCN(Cc2cccc(C3CC3)c2)C1. The third-order valence-electron chi connectivity index (χ3n) is 5.33. The highest BCUT2D eigenvalue weighted by Gasteiger charge is 2.34. The second-order valence-corrected chi connectivity index (χ2v) is 7.59. The van der Waals surface area contributed by atoms with Gasteiger partial charge in [-0.05, 0) is 49.3 Å².